The maximum atomic E-state index is 11.8. The molecule has 5 heteroatoms. The Balaban J connectivity index is 1.85. The van der Waals surface area contributed by atoms with Crippen LogP contribution in [0, 0.1) is 11.3 Å². The molecule has 21 heavy (non-hydrogen) atoms. The van der Waals surface area contributed by atoms with Crippen molar-refractivity contribution >= 4 is 23.2 Å². The van der Waals surface area contributed by atoms with Gasteiger partial charge < -0.3 is 10.1 Å². The van der Waals surface area contributed by atoms with Crippen LogP contribution >= 0.6 is 11.6 Å². The molecule has 0 radical (unpaired) electrons. The molecule has 0 saturated heterocycles. The van der Waals surface area contributed by atoms with E-state index in [1.807, 2.05) is 0 Å². The van der Waals surface area contributed by atoms with Crippen molar-refractivity contribution in [2.75, 3.05) is 11.9 Å². The van der Waals surface area contributed by atoms with Gasteiger partial charge in [-0.1, -0.05) is 29.8 Å². The van der Waals surface area contributed by atoms with Crippen LogP contribution in [0.2, 0.25) is 5.02 Å². The minimum atomic E-state index is -0.261. The smallest absolute Gasteiger partial charge is 0.262 e. The molecule has 0 saturated carbocycles. The number of carbonyl (C=O) groups excluding carboxylic acids is 1. The van der Waals surface area contributed by atoms with Gasteiger partial charge in [0, 0.05) is 10.7 Å². The third-order valence-corrected chi connectivity index (χ3v) is 2.92. The third-order valence-electron chi connectivity index (χ3n) is 2.69. The van der Waals surface area contributed by atoms with Gasteiger partial charge in [-0.2, -0.15) is 5.26 Å². The van der Waals surface area contributed by atoms with Gasteiger partial charge in [0.25, 0.3) is 5.91 Å². The number of ether oxygens (including phenoxy) is 1. The van der Waals surface area contributed by atoms with Gasteiger partial charge in [0.1, 0.15) is 5.75 Å². The summed E-state index contributed by atoms with van der Waals surface area (Å²) < 4.78 is 5.34. The highest BCUT2D eigenvalue weighted by molar-refractivity contribution is 6.30. The predicted molar refractivity (Wildman–Crippen MR) is 81.3 cm³/mol. The second kappa shape index (κ2) is 7.32. The topological polar surface area (TPSA) is 62.1 Å². The van der Waals surface area contributed by atoms with Crippen molar-refractivity contribution in [1.29, 1.82) is 5.26 Å². The molecule has 0 aliphatic rings. The second-order valence-electron chi connectivity index (χ2n) is 4.33. The number of benzene rings is 2. The normalized spacial score (nSPS) is 9.71. The number of hydrogen-bond acceptors (Lipinski definition) is 3. The summed E-state index contributed by atoms with van der Waals surface area (Å²) in [6.07, 6.45) is 0.353. The van der Waals surface area contributed by atoms with Gasteiger partial charge in [-0.15, -0.1) is 0 Å². The van der Waals surface area contributed by atoms with Crippen molar-refractivity contribution in [2.24, 2.45) is 0 Å². The summed E-state index contributed by atoms with van der Waals surface area (Å²) >= 11 is 5.83. The zero-order valence-corrected chi connectivity index (χ0v) is 11.9. The fourth-order valence-electron chi connectivity index (χ4n) is 1.70. The summed E-state index contributed by atoms with van der Waals surface area (Å²) in [6.45, 7) is -0.0969. The Labute approximate surface area is 127 Å². The molecule has 2 aromatic carbocycles. The van der Waals surface area contributed by atoms with Crippen LogP contribution in [0.15, 0.2) is 48.5 Å². The van der Waals surface area contributed by atoms with E-state index in [0.29, 0.717) is 22.9 Å². The summed E-state index contributed by atoms with van der Waals surface area (Å²) in [5, 5.41) is 11.9. The summed E-state index contributed by atoms with van der Waals surface area (Å²) in [5.74, 6) is 0.282. The van der Waals surface area contributed by atoms with E-state index in [2.05, 4.69) is 11.4 Å². The van der Waals surface area contributed by atoms with Crippen LogP contribution < -0.4 is 10.1 Å². The minimum Gasteiger partial charge on any atom is -0.484 e. The van der Waals surface area contributed by atoms with Gasteiger partial charge in [0.15, 0.2) is 6.61 Å². The summed E-state index contributed by atoms with van der Waals surface area (Å²) in [5.41, 5.74) is 1.57. The molecule has 0 aliphatic carbocycles. The lowest BCUT2D eigenvalue weighted by atomic mass is 10.1. The Morgan fingerprint density at radius 2 is 2.00 bits per heavy atom. The quantitative estimate of drug-likeness (QED) is 0.920. The molecule has 4 nitrogen and oxygen atoms in total. The van der Waals surface area contributed by atoms with E-state index in [4.69, 9.17) is 21.6 Å². The molecule has 0 spiro atoms. The zero-order chi connectivity index (χ0) is 15.1. The summed E-state index contributed by atoms with van der Waals surface area (Å²) in [4.78, 5) is 11.8. The van der Waals surface area contributed by atoms with Crippen LogP contribution in [-0.2, 0) is 11.2 Å². The van der Waals surface area contributed by atoms with Crippen molar-refractivity contribution in [3.05, 3.63) is 59.1 Å². The Kier molecular flexibility index (Phi) is 5.19. The van der Waals surface area contributed by atoms with Crippen molar-refractivity contribution in [3.63, 3.8) is 0 Å². The van der Waals surface area contributed by atoms with Gasteiger partial charge in [0.05, 0.1) is 12.5 Å². The van der Waals surface area contributed by atoms with E-state index in [1.54, 1.807) is 48.5 Å². The first kappa shape index (κ1) is 14.9. The zero-order valence-electron chi connectivity index (χ0n) is 11.2. The van der Waals surface area contributed by atoms with E-state index in [9.17, 15) is 4.79 Å². The average Bonchev–Trinajstić information content (AvgIpc) is 2.48. The van der Waals surface area contributed by atoms with E-state index in [-0.39, 0.29) is 12.5 Å². The first-order valence-electron chi connectivity index (χ1n) is 6.31. The highest BCUT2D eigenvalue weighted by atomic mass is 35.5. The molecule has 0 heterocycles. The molecule has 1 amide bonds. The number of halogens is 1. The van der Waals surface area contributed by atoms with E-state index >= 15 is 0 Å². The van der Waals surface area contributed by atoms with Crippen LogP contribution in [0.4, 0.5) is 5.69 Å². The maximum absolute atomic E-state index is 11.8. The Hall–Kier alpha value is -2.51. The van der Waals surface area contributed by atoms with Gasteiger partial charge in [-0.3, -0.25) is 4.79 Å². The highest BCUT2D eigenvalue weighted by Gasteiger charge is 2.04. The molecule has 2 aromatic rings. The molecular weight excluding hydrogens is 288 g/mol. The highest BCUT2D eigenvalue weighted by Crippen LogP contribution is 2.17. The monoisotopic (exact) mass is 300 g/mol. The summed E-state index contributed by atoms with van der Waals surface area (Å²) in [6, 6.07) is 16.0. The molecule has 2 rings (SSSR count). The number of anilines is 1. The van der Waals surface area contributed by atoms with Crippen LogP contribution in [0.3, 0.4) is 0 Å². The number of nitrogens with zero attached hydrogens (tertiary/aromatic N) is 1. The lowest BCUT2D eigenvalue weighted by molar-refractivity contribution is -0.118. The Morgan fingerprint density at radius 1 is 1.24 bits per heavy atom. The fourth-order valence-corrected chi connectivity index (χ4v) is 1.88. The van der Waals surface area contributed by atoms with Gasteiger partial charge >= 0.3 is 0 Å². The van der Waals surface area contributed by atoms with Crippen LogP contribution in [0.25, 0.3) is 0 Å². The molecule has 0 aliphatic heterocycles. The first-order valence-corrected chi connectivity index (χ1v) is 6.69. The van der Waals surface area contributed by atoms with Crippen LogP contribution in [0.1, 0.15) is 5.56 Å². The second-order valence-corrected chi connectivity index (χ2v) is 4.76. The fraction of sp³-hybridized carbons (Fsp3) is 0.125. The molecule has 106 valence electrons. The third kappa shape index (κ3) is 4.83. The van der Waals surface area contributed by atoms with Crippen molar-refractivity contribution in [2.45, 2.75) is 6.42 Å². The lowest BCUT2D eigenvalue weighted by Gasteiger charge is -2.08. The summed E-state index contributed by atoms with van der Waals surface area (Å²) in [7, 11) is 0. The predicted octanol–water partition coefficient (Wildman–Crippen LogP) is 3.42. The lowest BCUT2D eigenvalue weighted by Crippen LogP contribution is -2.20. The van der Waals surface area contributed by atoms with Crippen molar-refractivity contribution < 1.29 is 9.53 Å². The number of carbonyl (C=O) groups is 1. The first-order chi connectivity index (χ1) is 10.2. The largest absolute Gasteiger partial charge is 0.484 e. The van der Waals surface area contributed by atoms with E-state index < -0.39 is 0 Å². The van der Waals surface area contributed by atoms with Crippen LogP contribution in [-0.4, -0.2) is 12.5 Å². The maximum Gasteiger partial charge on any atom is 0.262 e. The van der Waals surface area contributed by atoms with Gasteiger partial charge in [-0.05, 0) is 35.9 Å². The van der Waals surface area contributed by atoms with E-state index in [0.717, 1.165) is 5.56 Å². The Morgan fingerprint density at radius 3 is 2.67 bits per heavy atom. The molecule has 1 N–H and O–H groups in total. The molecule has 0 unspecified atom stereocenters. The van der Waals surface area contributed by atoms with Gasteiger partial charge in [0.2, 0.25) is 0 Å². The van der Waals surface area contributed by atoms with Gasteiger partial charge in [-0.25, -0.2) is 0 Å². The average molecular weight is 301 g/mol. The minimum absolute atomic E-state index is 0.0969. The van der Waals surface area contributed by atoms with Crippen molar-refractivity contribution in [1.82, 2.24) is 0 Å². The number of hydrogen-bond donors (Lipinski definition) is 1. The molecule has 0 bridgehead atoms. The molecule has 0 fully saturated rings. The number of nitriles is 1. The van der Waals surface area contributed by atoms with Crippen LogP contribution in [0.5, 0.6) is 5.75 Å². The molecule has 0 aromatic heterocycles. The molecule has 0 atom stereocenters. The SMILES string of the molecule is N#CCc1ccc(NC(=O)COc2cccc(Cl)c2)cc1. The number of nitrogens with one attached hydrogen (secondary N) is 1. The molecular formula is C16H13ClN2O2. The number of rotatable bonds is 5. The number of amides is 1. The van der Waals surface area contributed by atoms with E-state index in [1.165, 1.54) is 0 Å². The Bertz CT molecular complexity index is 663. The standard InChI is InChI=1S/C16H13ClN2O2/c17-13-2-1-3-15(10-13)21-11-16(20)19-14-6-4-12(5-7-14)8-9-18/h1-7,10H,8,11H2,(H,19,20). The van der Waals surface area contributed by atoms with Crippen molar-refractivity contribution in [3.8, 4) is 11.8 Å².